The number of allylic oxidation sites excluding steroid dienone is 3. The van der Waals surface area contributed by atoms with Gasteiger partial charge in [0.25, 0.3) is 0 Å². The molecule has 3 aromatic rings. The topological polar surface area (TPSA) is 52.5 Å². The van der Waals surface area contributed by atoms with Crippen LogP contribution >= 0.6 is 0 Å². The molecule has 1 aromatic heterocycles. The van der Waals surface area contributed by atoms with Crippen molar-refractivity contribution in [2.45, 2.75) is 20.0 Å². The van der Waals surface area contributed by atoms with Crippen LogP contribution in [0.15, 0.2) is 101 Å². The van der Waals surface area contributed by atoms with Crippen LogP contribution in [-0.4, -0.2) is 24.7 Å². The second-order valence-electron chi connectivity index (χ2n) is 7.71. The highest BCUT2D eigenvalue weighted by Crippen LogP contribution is 2.31. The largest absolute Gasteiger partial charge is 0.489 e. The molecule has 0 aliphatic carbocycles. The zero-order valence-corrected chi connectivity index (χ0v) is 18.2. The van der Waals surface area contributed by atoms with E-state index in [0.717, 1.165) is 45.1 Å². The predicted molar refractivity (Wildman–Crippen MR) is 134 cm³/mol. The minimum atomic E-state index is 0.538. The second kappa shape index (κ2) is 10.2. The lowest BCUT2D eigenvalue weighted by atomic mass is 10.0. The van der Waals surface area contributed by atoms with E-state index in [1.165, 1.54) is 0 Å². The lowest BCUT2D eigenvalue weighted by Gasteiger charge is -2.11. The SMILES string of the molecule is [B]n1cccc1/C(CCN)=C1N=C(/C=C/c2ccc(OCc3ccccc3)cc2)C=C\1C. The normalized spacial score (nSPS) is 15.1. The van der Waals surface area contributed by atoms with Gasteiger partial charge in [-0.1, -0.05) is 48.5 Å². The van der Waals surface area contributed by atoms with E-state index in [1.807, 2.05) is 66.9 Å². The van der Waals surface area contributed by atoms with Gasteiger partial charge in [0.15, 0.2) is 0 Å². The van der Waals surface area contributed by atoms with Crippen LogP contribution < -0.4 is 10.5 Å². The van der Waals surface area contributed by atoms with Gasteiger partial charge in [0.05, 0.1) is 11.4 Å². The van der Waals surface area contributed by atoms with Crippen LogP contribution in [0.4, 0.5) is 0 Å². The molecule has 0 amide bonds. The molecule has 0 atom stereocenters. The van der Waals surface area contributed by atoms with Gasteiger partial charge in [-0.2, -0.15) is 0 Å². The summed E-state index contributed by atoms with van der Waals surface area (Å²) < 4.78 is 7.48. The van der Waals surface area contributed by atoms with Gasteiger partial charge in [-0.15, -0.1) is 0 Å². The zero-order valence-electron chi connectivity index (χ0n) is 18.2. The summed E-state index contributed by atoms with van der Waals surface area (Å²) >= 11 is 0. The molecule has 0 saturated carbocycles. The standard InChI is InChI=1S/C27H26BN3O/c1-20-18-23(30-27(20)25(15-16-29)26-8-5-17-31(26)28)12-9-21-10-13-24(14-11-21)32-19-22-6-3-2-4-7-22/h2-14,17-18H,15-16,19,29H2,1H3/b12-9+,27-25-. The first kappa shape index (κ1) is 21.7. The summed E-state index contributed by atoms with van der Waals surface area (Å²) in [5, 5.41) is 0. The Hall–Kier alpha value is -3.57. The number of ether oxygens (including phenoxy) is 1. The van der Waals surface area contributed by atoms with Crippen molar-refractivity contribution in [2.75, 3.05) is 6.54 Å². The van der Waals surface area contributed by atoms with E-state index >= 15 is 0 Å². The number of aromatic nitrogens is 1. The van der Waals surface area contributed by atoms with Gasteiger partial charge in [0.1, 0.15) is 12.4 Å². The molecule has 2 aromatic carbocycles. The predicted octanol–water partition coefficient (Wildman–Crippen LogP) is 5.17. The fourth-order valence-electron chi connectivity index (χ4n) is 3.69. The van der Waals surface area contributed by atoms with Gasteiger partial charge in [-0.3, -0.25) is 0 Å². The third-order valence-electron chi connectivity index (χ3n) is 5.32. The Morgan fingerprint density at radius 3 is 2.50 bits per heavy atom. The Morgan fingerprint density at radius 1 is 1.03 bits per heavy atom. The zero-order chi connectivity index (χ0) is 22.3. The third-order valence-corrected chi connectivity index (χ3v) is 5.32. The van der Waals surface area contributed by atoms with E-state index in [0.29, 0.717) is 19.6 Å². The number of benzene rings is 2. The minimum Gasteiger partial charge on any atom is -0.489 e. The van der Waals surface area contributed by atoms with Gasteiger partial charge in [-0.05, 0) is 79.2 Å². The summed E-state index contributed by atoms with van der Waals surface area (Å²) in [7, 11) is 6.07. The molecule has 2 radical (unpaired) electrons. The van der Waals surface area contributed by atoms with Crippen molar-refractivity contribution in [1.29, 1.82) is 0 Å². The first-order chi connectivity index (χ1) is 15.6. The Morgan fingerprint density at radius 2 is 1.81 bits per heavy atom. The molecule has 2 heterocycles. The maximum Gasteiger partial charge on any atom is 0.234 e. The molecule has 0 fully saturated rings. The Bertz CT molecular complexity index is 1190. The summed E-state index contributed by atoms with van der Waals surface area (Å²) in [6, 6.07) is 22.1. The second-order valence-corrected chi connectivity index (χ2v) is 7.71. The molecule has 4 rings (SSSR count). The number of hydrogen-bond donors (Lipinski definition) is 1. The van der Waals surface area contributed by atoms with Crippen LogP contribution in [-0.2, 0) is 6.61 Å². The number of nitrogens with zero attached hydrogens (tertiary/aromatic N) is 2. The number of rotatable bonds is 8. The van der Waals surface area contributed by atoms with Crippen molar-refractivity contribution < 1.29 is 4.74 Å². The van der Waals surface area contributed by atoms with Gasteiger partial charge < -0.3 is 14.9 Å². The van der Waals surface area contributed by atoms with Crippen molar-refractivity contribution in [3.63, 3.8) is 0 Å². The molecule has 0 unspecified atom stereocenters. The lowest BCUT2D eigenvalue weighted by molar-refractivity contribution is 0.306. The maximum absolute atomic E-state index is 6.07. The highest BCUT2D eigenvalue weighted by atomic mass is 16.5. The quantitative estimate of drug-likeness (QED) is 0.512. The summed E-state index contributed by atoms with van der Waals surface area (Å²) in [5.41, 5.74) is 13.1. The third kappa shape index (κ3) is 5.18. The summed E-state index contributed by atoms with van der Waals surface area (Å²) in [4.78, 5) is 4.85. The molecule has 2 N–H and O–H groups in total. The Balaban J connectivity index is 1.47. The fraction of sp³-hybridized carbons (Fsp3) is 0.148. The number of nitrogens with two attached hydrogens (primary N) is 1. The highest BCUT2D eigenvalue weighted by molar-refractivity contribution is 6.11. The molecule has 158 valence electrons. The minimum absolute atomic E-state index is 0.538. The van der Waals surface area contributed by atoms with E-state index in [9.17, 15) is 0 Å². The highest BCUT2D eigenvalue weighted by Gasteiger charge is 2.16. The molecular formula is C27H26BN3O. The van der Waals surface area contributed by atoms with Crippen molar-refractivity contribution in [1.82, 2.24) is 4.48 Å². The van der Waals surface area contributed by atoms with Crippen LogP contribution in [0.5, 0.6) is 5.75 Å². The van der Waals surface area contributed by atoms with Crippen LogP contribution in [0.2, 0.25) is 0 Å². The molecular weight excluding hydrogens is 393 g/mol. The summed E-state index contributed by atoms with van der Waals surface area (Å²) in [5.74, 6) is 0.849. The van der Waals surface area contributed by atoms with Crippen LogP contribution in [0.1, 0.15) is 30.2 Å². The van der Waals surface area contributed by atoms with Crippen LogP contribution in [0.3, 0.4) is 0 Å². The molecule has 32 heavy (non-hydrogen) atoms. The first-order valence-corrected chi connectivity index (χ1v) is 10.7. The summed E-state index contributed by atoms with van der Waals surface area (Å²) in [6.45, 7) is 3.17. The average Bonchev–Trinajstić information content (AvgIpc) is 3.41. The van der Waals surface area contributed by atoms with Gasteiger partial charge in [-0.25, -0.2) is 4.99 Å². The average molecular weight is 419 g/mol. The smallest absolute Gasteiger partial charge is 0.234 e. The Labute approximate surface area is 190 Å². The van der Waals surface area contributed by atoms with Gasteiger partial charge in [0.2, 0.25) is 7.98 Å². The van der Waals surface area contributed by atoms with Crippen molar-refractivity contribution >= 4 is 25.3 Å². The van der Waals surface area contributed by atoms with E-state index in [-0.39, 0.29) is 0 Å². The van der Waals surface area contributed by atoms with E-state index < -0.39 is 0 Å². The van der Waals surface area contributed by atoms with E-state index in [4.69, 9.17) is 23.4 Å². The Kier molecular flexibility index (Phi) is 6.88. The van der Waals surface area contributed by atoms with Crippen LogP contribution in [0.25, 0.3) is 11.6 Å². The molecule has 0 saturated heterocycles. The number of aliphatic imine (C=N–C) groups is 1. The van der Waals surface area contributed by atoms with Gasteiger partial charge >= 0.3 is 0 Å². The first-order valence-electron chi connectivity index (χ1n) is 10.7. The van der Waals surface area contributed by atoms with Gasteiger partial charge in [0, 0.05) is 11.3 Å². The lowest BCUT2D eigenvalue weighted by Crippen LogP contribution is -2.05. The molecule has 5 heteroatoms. The van der Waals surface area contributed by atoms with Crippen molar-refractivity contribution in [2.24, 2.45) is 10.7 Å². The monoisotopic (exact) mass is 419 g/mol. The molecule has 1 aliphatic heterocycles. The fourth-order valence-corrected chi connectivity index (χ4v) is 3.69. The molecule has 0 spiro atoms. The molecule has 0 bridgehead atoms. The number of hydrogen-bond acceptors (Lipinski definition) is 3. The van der Waals surface area contributed by atoms with Crippen LogP contribution in [0, 0.1) is 0 Å². The van der Waals surface area contributed by atoms with Crippen molar-refractivity contribution in [3.05, 3.63) is 113 Å². The summed E-state index contributed by atoms with van der Waals surface area (Å²) in [6.07, 6.45) is 8.72. The molecule has 1 aliphatic rings. The molecule has 4 nitrogen and oxygen atoms in total. The maximum atomic E-state index is 6.07. The van der Waals surface area contributed by atoms with E-state index in [2.05, 4.69) is 31.2 Å². The van der Waals surface area contributed by atoms with Crippen molar-refractivity contribution in [3.8, 4) is 5.75 Å². The van der Waals surface area contributed by atoms with E-state index in [1.54, 1.807) is 4.48 Å².